The molecule has 4 nitrogen and oxygen atoms in total. The number of amides is 1. The van der Waals surface area contributed by atoms with Gasteiger partial charge in [0.25, 0.3) is 0 Å². The number of hydrogen-bond donors (Lipinski definition) is 2. The third-order valence-electron chi connectivity index (χ3n) is 1.89. The van der Waals surface area contributed by atoms with Crippen LogP contribution in [0, 0.1) is 0 Å². The first-order chi connectivity index (χ1) is 6.45. The minimum atomic E-state index is -2.83. The summed E-state index contributed by atoms with van der Waals surface area (Å²) in [6.45, 7) is 3.87. The smallest absolute Gasteiger partial charge is 0.219 e. The number of nitrogens with one attached hydrogen (secondary N) is 1. The van der Waals surface area contributed by atoms with Crippen LogP contribution in [-0.2, 0) is 9.36 Å². The molecule has 14 heavy (non-hydrogen) atoms. The van der Waals surface area contributed by atoms with Gasteiger partial charge < -0.3 is 10.2 Å². The van der Waals surface area contributed by atoms with Crippen LogP contribution in [-0.4, -0.2) is 30.2 Å². The monoisotopic (exact) mass is 221 g/mol. The molecule has 0 aromatic heterocycles. The largest absolute Gasteiger partial charge is 0.356 e. The van der Waals surface area contributed by atoms with Crippen LogP contribution in [0.25, 0.3) is 0 Å². The number of carbonyl (C=O) groups excluding carboxylic acids is 1. The molecule has 0 aliphatic carbocycles. The fraction of sp³-hybridized carbons (Fsp3) is 0.889. The lowest BCUT2D eigenvalue weighted by Crippen LogP contribution is -2.23. The first-order valence-electron chi connectivity index (χ1n) is 5.01. The first kappa shape index (κ1) is 13.7. The molecule has 0 aromatic rings. The second-order valence-corrected chi connectivity index (χ2v) is 6.09. The van der Waals surface area contributed by atoms with Crippen LogP contribution in [0.15, 0.2) is 0 Å². The molecule has 0 saturated heterocycles. The van der Waals surface area contributed by atoms with Crippen molar-refractivity contribution >= 4 is 13.3 Å². The van der Waals surface area contributed by atoms with Gasteiger partial charge >= 0.3 is 0 Å². The van der Waals surface area contributed by atoms with Crippen molar-refractivity contribution in [3.05, 3.63) is 0 Å². The average molecular weight is 221 g/mol. The molecule has 0 aromatic carbocycles. The Morgan fingerprint density at radius 1 is 1.36 bits per heavy atom. The summed E-state index contributed by atoms with van der Waals surface area (Å²) < 4.78 is 10.9. The van der Waals surface area contributed by atoms with Crippen LogP contribution in [0.3, 0.4) is 0 Å². The minimum absolute atomic E-state index is 0.0633. The summed E-state index contributed by atoms with van der Waals surface area (Å²) in [5, 5.41) is 2.76. The lowest BCUT2D eigenvalue weighted by Gasteiger charge is -2.05. The van der Waals surface area contributed by atoms with Crippen molar-refractivity contribution in [2.24, 2.45) is 0 Å². The predicted octanol–water partition coefficient (Wildman–Crippen LogP) is 1.58. The van der Waals surface area contributed by atoms with Crippen molar-refractivity contribution in [1.82, 2.24) is 5.32 Å². The molecule has 0 saturated carbocycles. The van der Waals surface area contributed by atoms with E-state index in [1.165, 1.54) is 6.66 Å². The summed E-state index contributed by atoms with van der Waals surface area (Å²) in [5.41, 5.74) is 0. The predicted molar refractivity (Wildman–Crippen MR) is 57.8 cm³/mol. The van der Waals surface area contributed by atoms with E-state index in [2.05, 4.69) is 5.32 Å². The zero-order chi connectivity index (χ0) is 11.0. The van der Waals surface area contributed by atoms with Crippen molar-refractivity contribution < 1.29 is 14.3 Å². The molecular formula is C9H20NO3P. The van der Waals surface area contributed by atoms with E-state index in [0.717, 1.165) is 19.3 Å². The van der Waals surface area contributed by atoms with Gasteiger partial charge in [0.15, 0.2) is 7.37 Å². The van der Waals surface area contributed by atoms with Gasteiger partial charge in [-0.1, -0.05) is 13.3 Å². The van der Waals surface area contributed by atoms with E-state index in [1.54, 1.807) is 0 Å². The Hall–Kier alpha value is -0.340. The van der Waals surface area contributed by atoms with Gasteiger partial charge in [-0.05, 0) is 12.8 Å². The normalized spacial score (nSPS) is 14.8. The molecular weight excluding hydrogens is 201 g/mol. The van der Waals surface area contributed by atoms with Crippen LogP contribution in [0.5, 0.6) is 0 Å². The molecule has 0 radical (unpaired) electrons. The highest BCUT2D eigenvalue weighted by molar-refractivity contribution is 7.57. The van der Waals surface area contributed by atoms with Crippen molar-refractivity contribution in [1.29, 1.82) is 0 Å². The van der Waals surface area contributed by atoms with E-state index in [1.807, 2.05) is 6.92 Å². The van der Waals surface area contributed by atoms with Crippen LogP contribution in [0.1, 0.15) is 32.6 Å². The SMILES string of the molecule is CCC(=O)NCCCCCP(C)(=O)O. The van der Waals surface area contributed by atoms with E-state index >= 15 is 0 Å². The summed E-state index contributed by atoms with van der Waals surface area (Å²) in [4.78, 5) is 19.8. The van der Waals surface area contributed by atoms with Crippen LogP contribution >= 0.6 is 7.37 Å². The summed E-state index contributed by atoms with van der Waals surface area (Å²) in [6.07, 6.45) is 3.43. The molecule has 0 heterocycles. The third kappa shape index (κ3) is 9.75. The Balaban J connectivity index is 3.23. The van der Waals surface area contributed by atoms with Gasteiger partial charge in [0.2, 0.25) is 5.91 Å². The Bertz CT molecular complexity index is 212. The van der Waals surface area contributed by atoms with Crippen molar-refractivity contribution in [3.63, 3.8) is 0 Å². The summed E-state index contributed by atoms with van der Waals surface area (Å²) in [6, 6.07) is 0. The minimum Gasteiger partial charge on any atom is -0.356 e. The van der Waals surface area contributed by atoms with Gasteiger partial charge in [-0.2, -0.15) is 0 Å². The third-order valence-corrected chi connectivity index (χ3v) is 3.04. The summed E-state index contributed by atoms with van der Waals surface area (Å²) in [7, 11) is -2.83. The summed E-state index contributed by atoms with van der Waals surface area (Å²) in [5.74, 6) is 0.0633. The number of unbranched alkanes of at least 4 members (excludes halogenated alkanes) is 2. The maximum Gasteiger partial charge on any atom is 0.219 e. The highest BCUT2D eigenvalue weighted by Crippen LogP contribution is 2.36. The van der Waals surface area contributed by atoms with E-state index < -0.39 is 7.37 Å². The van der Waals surface area contributed by atoms with Crippen LogP contribution in [0.4, 0.5) is 0 Å². The highest BCUT2D eigenvalue weighted by Gasteiger charge is 2.07. The zero-order valence-corrected chi connectivity index (χ0v) is 9.85. The molecule has 1 amide bonds. The highest BCUT2D eigenvalue weighted by atomic mass is 31.2. The van der Waals surface area contributed by atoms with Gasteiger partial charge in [0, 0.05) is 25.8 Å². The van der Waals surface area contributed by atoms with Gasteiger partial charge in [-0.15, -0.1) is 0 Å². The van der Waals surface area contributed by atoms with Crippen molar-refractivity contribution in [2.75, 3.05) is 19.4 Å². The molecule has 0 bridgehead atoms. The molecule has 2 N–H and O–H groups in total. The van der Waals surface area contributed by atoms with Crippen LogP contribution in [0.2, 0.25) is 0 Å². The standard InChI is InChI=1S/C9H20NO3P/c1-3-9(11)10-7-5-4-6-8-14(2,12)13/h3-8H2,1-2H3,(H,10,11)(H,12,13). The Labute approximate surface area is 85.5 Å². The second kappa shape index (κ2) is 7.02. The molecule has 0 rings (SSSR count). The fourth-order valence-electron chi connectivity index (χ4n) is 1.06. The fourth-order valence-corrected chi connectivity index (χ4v) is 1.87. The molecule has 1 atom stereocenters. The molecule has 0 spiro atoms. The van der Waals surface area contributed by atoms with E-state index in [0.29, 0.717) is 19.1 Å². The van der Waals surface area contributed by atoms with Crippen molar-refractivity contribution in [3.8, 4) is 0 Å². The number of hydrogen-bond acceptors (Lipinski definition) is 2. The molecule has 0 aliphatic heterocycles. The molecule has 5 heteroatoms. The first-order valence-corrected chi connectivity index (χ1v) is 7.31. The zero-order valence-electron chi connectivity index (χ0n) is 8.95. The second-order valence-electron chi connectivity index (χ2n) is 3.54. The topological polar surface area (TPSA) is 66.4 Å². The van der Waals surface area contributed by atoms with E-state index in [9.17, 15) is 9.36 Å². The Kier molecular flexibility index (Phi) is 6.85. The van der Waals surface area contributed by atoms with Crippen LogP contribution < -0.4 is 5.32 Å². The molecule has 0 aliphatic rings. The van der Waals surface area contributed by atoms with E-state index in [4.69, 9.17) is 4.89 Å². The van der Waals surface area contributed by atoms with Gasteiger partial charge in [0.05, 0.1) is 0 Å². The lowest BCUT2D eigenvalue weighted by atomic mass is 10.2. The maximum atomic E-state index is 10.9. The van der Waals surface area contributed by atoms with E-state index in [-0.39, 0.29) is 5.91 Å². The lowest BCUT2D eigenvalue weighted by molar-refractivity contribution is -0.120. The maximum absolute atomic E-state index is 10.9. The quantitative estimate of drug-likeness (QED) is 0.506. The average Bonchev–Trinajstić information content (AvgIpc) is 2.08. The molecule has 0 fully saturated rings. The summed E-state index contributed by atoms with van der Waals surface area (Å²) >= 11 is 0. The number of rotatable bonds is 7. The number of carbonyl (C=O) groups is 1. The Morgan fingerprint density at radius 2 is 2.00 bits per heavy atom. The van der Waals surface area contributed by atoms with Gasteiger partial charge in [-0.3, -0.25) is 9.36 Å². The van der Waals surface area contributed by atoms with Crippen molar-refractivity contribution in [2.45, 2.75) is 32.6 Å². The molecule has 1 unspecified atom stereocenters. The van der Waals surface area contributed by atoms with Gasteiger partial charge in [0.1, 0.15) is 0 Å². The molecule has 84 valence electrons. The Morgan fingerprint density at radius 3 is 2.50 bits per heavy atom. The van der Waals surface area contributed by atoms with Gasteiger partial charge in [-0.25, -0.2) is 0 Å².